The Hall–Kier alpha value is -0.550. The van der Waals surface area contributed by atoms with Gasteiger partial charge >= 0.3 is 0 Å². The molecule has 0 radical (unpaired) electrons. The average Bonchev–Trinajstić information content (AvgIpc) is 1.89. The van der Waals surface area contributed by atoms with Crippen LogP contribution in [0.1, 0.15) is 26.7 Å². The minimum absolute atomic E-state index is 0.675. The smallest absolute Gasteiger partial charge is 0.0635 e. The molecule has 2 unspecified atom stereocenters. The zero-order chi connectivity index (χ0) is 7.56. The summed E-state index contributed by atoms with van der Waals surface area (Å²) in [6.45, 7) is 5.40. The summed E-state index contributed by atoms with van der Waals surface area (Å²) in [4.78, 5) is 2.38. The molecular weight excluding hydrogens is 124 g/mol. The van der Waals surface area contributed by atoms with Crippen molar-refractivity contribution in [3.8, 4) is 6.07 Å². The molecule has 0 aliphatic carbocycles. The fourth-order valence-corrected chi connectivity index (χ4v) is 1.68. The predicted octanol–water partition coefficient (Wildman–Crippen LogP) is 1.38. The predicted molar refractivity (Wildman–Crippen MR) is 40.5 cm³/mol. The summed E-state index contributed by atoms with van der Waals surface area (Å²) in [5, 5.41) is 8.33. The second-order valence-corrected chi connectivity index (χ2v) is 3.08. The van der Waals surface area contributed by atoms with Crippen molar-refractivity contribution >= 4 is 0 Å². The van der Waals surface area contributed by atoms with Gasteiger partial charge in [0.05, 0.1) is 6.07 Å². The van der Waals surface area contributed by atoms with Crippen LogP contribution < -0.4 is 0 Å². The Bertz CT molecular complexity index is 140. The average molecular weight is 138 g/mol. The normalized spacial score (nSPS) is 32.9. The third kappa shape index (κ3) is 1.30. The highest BCUT2D eigenvalue weighted by molar-refractivity contribution is 4.88. The van der Waals surface area contributed by atoms with Crippen molar-refractivity contribution in [2.45, 2.75) is 38.8 Å². The van der Waals surface area contributed by atoms with Crippen LogP contribution in [0.15, 0.2) is 0 Å². The van der Waals surface area contributed by atoms with E-state index in [1.54, 1.807) is 0 Å². The maximum Gasteiger partial charge on any atom is 0.0635 e. The molecule has 0 N–H and O–H groups in total. The topological polar surface area (TPSA) is 27.0 Å². The van der Waals surface area contributed by atoms with E-state index in [0.29, 0.717) is 18.5 Å². The van der Waals surface area contributed by atoms with Gasteiger partial charge in [0, 0.05) is 25.0 Å². The molecule has 1 aliphatic rings. The summed E-state index contributed by atoms with van der Waals surface area (Å²) >= 11 is 0. The highest BCUT2D eigenvalue weighted by Crippen LogP contribution is 2.24. The van der Waals surface area contributed by atoms with Crippen LogP contribution in [0, 0.1) is 11.3 Å². The van der Waals surface area contributed by atoms with Gasteiger partial charge in [0.1, 0.15) is 0 Å². The monoisotopic (exact) mass is 138 g/mol. The van der Waals surface area contributed by atoms with Gasteiger partial charge in [0.15, 0.2) is 0 Å². The molecule has 1 heterocycles. The summed E-state index contributed by atoms with van der Waals surface area (Å²) in [6.07, 6.45) is 1.97. The van der Waals surface area contributed by atoms with E-state index in [9.17, 15) is 0 Å². The minimum atomic E-state index is 0.675. The molecule has 1 aliphatic heterocycles. The molecule has 1 rings (SSSR count). The van der Waals surface area contributed by atoms with Gasteiger partial charge in [-0.05, 0) is 20.3 Å². The Labute approximate surface area is 62.4 Å². The number of hydrogen-bond donors (Lipinski definition) is 0. The van der Waals surface area contributed by atoms with Crippen LogP contribution in [0.2, 0.25) is 0 Å². The van der Waals surface area contributed by atoms with Crippen LogP contribution in [0.4, 0.5) is 0 Å². The van der Waals surface area contributed by atoms with Gasteiger partial charge in [0.2, 0.25) is 0 Å². The molecule has 0 saturated carbocycles. The number of nitriles is 1. The molecule has 56 valence electrons. The molecule has 2 nitrogen and oxygen atoms in total. The molecule has 0 bridgehead atoms. The molecular formula is C8H14N2. The van der Waals surface area contributed by atoms with Crippen LogP contribution in [0.3, 0.4) is 0 Å². The maximum atomic E-state index is 8.33. The standard InChI is InChI=1S/C8H14N2/c1-7-6-8(2)10(7)5-3-4-9/h7-8H,3,5-6H2,1-2H3. The van der Waals surface area contributed by atoms with Crippen LogP contribution in [0.25, 0.3) is 0 Å². The largest absolute Gasteiger partial charge is 0.297 e. The van der Waals surface area contributed by atoms with Gasteiger partial charge in [0.25, 0.3) is 0 Å². The first-order chi connectivity index (χ1) is 4.75. The second-order valence-electron chi connectivity index (χ2n) is 3.08. The molecule has 1 fully saturated rings. The Morgan fingerprint density at radius 3 is 2.50 bits per heavy atom. The summed E-state index contributed by atoms with van der Waals surface area (Å²) in [6, 6.07) is 3.59. The van der Waals surface area contributed by atoms with E-state index in [2.05, 4.69) is 24.8 Å². The van der Waals surface area contributed by atoms with Crippen molar-refractivity contribution in [1.82, 2.24) is 4.90 Å². The van der Waals surface area contributed by atoms with Gasteiger partial charge in [-0.15, -0.1) is 0 Å². The summed E-state index contributed by atoms with van der Waals surface area (Å²) < 4.78 is 0. The van der Waals surface area contributed by atoms with E-state index in [1.807, 2.05) is 0 Å². The van der Waals surface area contributed by atoms with Gasteiger partial charge < -0.3 is 0 Å². The van der Waals surface area contributed by atoms with Crippen LogP contribution in [-0.2, 0) is 0 Å². The summed E-state index contributed by atoms with van der Waals surface area (Å²) in [5.74, 6) is 0. The number of rotatable bonds is 2. The van der Waals surface area contributed by atoms with Gasteiger partial charge in [-0.1, -0.05) is 0 Å². The quantitative estimate of drug-likeness (QED) is 0.576. The van der Waals surface area contributed by atoms with E-state index in [4.69, 9.17) is 5.26 Å². The molecule has 0 spiro atoms. The first kappa shape index (κ1) is 7.56. The zero-order valence-corrected chi connectivity index (χ0v) is 6.67. The SMILES string of the molecule is CC1CC(C)N1CCC#N. The van der Waals surface area contributed by atoms with Crippen molar-refractivity contribution < 1.29 is 0 Å². The summed E-state index contributed by atoms with van der Waals surface area (Å²) in [5.41, 5.74) is 0. The van der Waals surface area contributed by atoms with Gasteiger partial charge in [-0.2, -0.15) is 5.26 Å². The summed E-state index contributed by atoms with van der Waals surface area (Å²) in [7, 11) is 0. The molecule has 0 aromatic heterocycles. The molecule has 10 heavy (non-hydrogen) atoms. The first-order valence-corrected chi connectivity index (χ1v) is 3.88. The van der Waals surface area contributed by atoms with Crippen molar-refractivity contribution in [3.05, 3.63) is 0 Å². The van der Waals surface area contributed by atoms with E-state index in [0.717, 1.165) is 6.54 Å². The Kier molecular flexibility index (Phi) is 2.29. The fourth-order valence-electron chi connectivity index (χ4n) is 1.68. The molecule has 0 aromatic rings. The molecule has 1 saturated heterocycles. The second kappa shape index (κ2) is 3.03. The van der Waals surface area contributed by atoms with Crippen LogP contribution >= 0.6 is 0 Å². The maximum absolute atomic E-state index is 8.33. The first-order valence-electron chi connectivity index (χ1n) is 3.88. The molecule has 2 heteroatoms. The lowest BCUT2D eigenvalue weighted by Crippen LogP contribution is -2.52. The van der Waals surface area contributed by atoms with E-state index < -0.39 is 0 Å². The number of nitrogens with zero attached hydrogens (tertiary/aromatic N) is 2. The van der Waals surface area contributed by atoms with Crippen molar-refractivity contribution in [2.75, 3.05) is 6.54 Å². The third-order valence-electron chi connectivity index (χ3n) is 2.30. The van der Waals surface area contributed by atoms with Gasteiger partial charge in [-0.3, -0.25) is 4.90 Å². The lowest BCUT2D eigenvalue weighted by Gasteiger charge is -2.45. The highest BCUT2D eigenvalue weighted by Gasteiger charge is 2.30. The van der Waals surface area contributed by atoms with Crippen LogP contribution in [0.5, 0.6) is 0 Å². The fraction of sp³-hybridized carbons (Fsp3) is 0.875. The van der Waals surface area contributed by atoms with E-state index in [-0.39, 0.29) is 0 Å². The third-order valence-corrected chi connectivity index (χ3v) is 2.30. The minimum Gasteiger partial charge on any atom is -0.297 e. The lowest BCUT2D eigenvalue weighted by molar-refractivity contribution is 0.0406. The van der Waals surface area contributed by atoms with Crippen molar-refractivity contribution in [3.63, 3.8) is 0 Å². The Morgan fingerprint density at radius 2 is 2.10 bits per heavy atom. The molecule has 2 atom stereocenters. The van der Waals surface area contributed by atoms with Crippen LogP contribution in [-0.4, -0.2) is 23.5 Å². The van der Waals surface area contributed by atoms with Crippen molar-refractivity contribution in [2.24, 2.45) is 0 Å². The lowest BCUT2D eigenvalue weighted by atomic mass is 9.96. The van der Waals surface area contributed by atoms with Crippen molar-refractivity contribution in [1.29, 1.82) is 5.26 Å². The Balaban J connectivity index is 2.21. The van der Waals surface area contributed by atoms with E-state index in [1.165, 1.54) is 6.42 Å². The Morgan fingerprint density at radius 1 is 1.50 bits per heavy atom. The zero-order valence-electron chi connectivity index (χ0n) is 6.67. The molecule has 0 amide bonds. The highest BCUT2D eigenvalue weighted by atomic mass is 15.2. The van der Waals surface area contributed by atoms with E-state index >= 15 is 0 Å². The van der Waals surface area contributed by atoms with Gasteiger partial charge in [-0.25, -0.2) is 0 Å². The number of likely N-dealkylation sites (tertiary alicyclic amines) is 1. The number of hydrogen-bond acceptors (Lipinski definition) is 2. The molecule has 0 aromatic carbocycles.